The van der Waals surface area contributed by atoms with Crippen molar-refractivity contribution in [2.45, 2.75) is 27.2 Å². The molecule has 1 aliphatic heterocycles. The lowest BCUT2D eigenvalue weighted by Gasteiger charge is -2.34. The van der Waals surface area contributed by atoms with Gasteiger partial charge in [0, 0.05) is 13.1 Å². The van der Waals surface area contributed by atoms with Gasteiger partial charge >= 0.3 is 5.97 Å². The number of aromatic nitrogens is 1. The Morgan fingerprint density at radius 2 is 2.00 bits per heavy atom. The number of nitrogens with zero attached hydrogens (tertiary/aromatic N) is 2. The molecule has 6 nitrogen and oxygen atoms in total. The minimum atomic E-state index is -0.806. The van der Waals surface area contributed by atoms with Gasteiger partial charge in [-0.05, 0) is 37.3 Å². The van der Waals surface area contributed by atoms with Crippen molar-refractivity contribution >= 4 is 23.5 Å². The molecule has 28 heavy (non-hydrogen) atoms. The van der Waals surface area contributed by atoms with Crippen molar-refractivity contribution in [1.29, 1.82) is 0 Å². The van der Waals surface area contributed by atoms with Gasteiger partial charge in [-0.25, -0.2) is 9.18 Å². The molecular weight excluding hydrogens is 387 g/mol. The highest BCUT2D eigenvalue weighted by Crippen LogP contribution is 2.33. The second-order valence-electron chi connectivity index (χ2n) is 7.38. The number of ether oxygens (including phenoxy) is 1. The Morgan fingerprint density at radius 3 is 2.64 bits per heavy atom. The highest BCUT2D eigenvalue weighted by molar-refractivity contribution is 6.33. The molecule has 0 bridgehead atoms. The zero-order valence-electron chi connectivity index (χ0n) is 16.0. The molecule has 1 aromatic carbocycles. The van der Waals surface area contributed by atoms with E-state index in [4.69, 9.17) is 20.9 Å². The van der Waals surface area contributed by atoms with Crippen molar-refractivity contribution in [3.63, 3.8) is 0 Å². The fourth-order valence-electron chi connectivity index (χ4n) is 3.66. The minimum absolute atomic E-state index is 0.0415. The van der Waals surface area contributed by atoms with E-state index >= 15 is 0 Å². The number of aryl methyl sites for hydroxylation is 1. The maximum Gasteiger partial charge on any atom is 0.344 e. The summed E-state index contributed by atoms with van der Waals surface area (Å²) in [6.45, 7) is 6.58. The third-order valence-corrected chi connectivity index (χ3v) is 5.13. The summed E-state index contributed by atoms with van der Waals surface area (Å²) in [7, 11) is 0. The van der Waals surface area contributed by atoms with E-state index in [1.807, 2.05) is 0 Å². The molecule has 1 aliphatic rings. The molecule has 0 N–H and O–H groups in total. The van der Waals surface area contributed by atoms with Crippen LogP contribution in [0.3, 0.4) is 0 Å². The van der Waals surface area contributed by atoms with E-state index in [0.717, 1.165) is 6.42 Å². The molecule has 1 aromatic heterocycles. The fourth-order valence-corrected chi connectivity index (χ4v) is 3.92. The summed E-state index contributed by atoms with van der Waals surface area (Å²) in [5, 5.41) is 3.86. The number of amides is 1. The molecule has 0 radical (unpaired) electrons. The molecule has 2 atom stereocenters. The predicted molar refractivity (Wildman–Crippen MR) is 101 cm³/mol. The van der Waals surface area contributed by atoms with Gasteiger partial charge in [0.05, 0.1) is 10.6 Å². The zero-order chi connectivity index (χ0) is 20.4. The second kappa shape index (κ2) is 8.31. The van der Waals surface area contributed by atoms with Crippen molar-refractivity contribution in [1.82, 2.24) is 10.1 Å². The van der Waals surface area contributed by atoms with Gasteiger partial charge in [0.2, 0.25) is 0 Å². The molecule has 0 saturated carbocycles. The van der Waals surface area contributed by atoms with Crippen LogP contribution < -0.4 is 0 Å². The summed E-state index contributed by atoms with van der Waals surface area (Å²) in [6, 6.07) is 4.15. The smallest absolute Gasteiger partial charge is 0.344 e. The van der Waals surface area contributed by atoms with Crippen LogP contribution in [0, 0.1) is 24.6 Å². The van der Waals surface area contributed by atoms with Gasteiger partial charge in [-0.2, -0.15) is 0 Å². The van der Waals surface area contributed by atoms with Crippen molar-refractivity contribution in [2.75, 3.05) is 19.7 Å². The number of piperidine rings is 1. The number of hydrogen-bond acceptors (Lipinski definition) is 5. The maximum atomic E-state index is 14.2. The first kappa shape index (κ1) is 20.3. The Morgan fingerprint density at radius 1 is 1.32 bits per heavy atom. The maximum absolute atomic E-state index is 14.2. The molecule has 2 aromatic rings. The van der Waals surface area contributed by atoms with Gasteiger partial charge in [0.1, 0.15) is 22.8 Å². The minimum Gasteiger partial charge on any atom is -0.452 e. The highest BCUT2D eigenvalue weighted by atomic mass is 35.5. The van der Waals surface area contributed by atoms with E-state index in [2.05, 4.69) is 19.0 Å². The molecular formula is C20H22ClFN2O4. The second-order valence-corrected chi connectivity index (χ2v) is 7.79. The molecule has 2 heterocycles. The van der Waals surface area contributed by atoms with Crippen LogP contribution in [0.1, 0.15) is 36.4 Å². The number of carbonyl (C=O) groups is 2. The predicted octanol–water partition coefficient (Wildman–Crippen LogP) is 4.10. The van der Waals surface area contributed by atoms with Crippen LogP contribution >= 0.6 is 11.6 Å². The van der Waals surface area contributed by atoms with Crippen molar-refractivity contribution in [2.24, 2.45) is 11.8 Å². The number of rotatable bonds is 4. The van der Waals surface area contributed by atoms with E-state index in [1.165, 1.54) is 25.1 Å². The quantitative estimate of drug-likeness (QED) is 0.712. The van der Waals surface area contributed by atoms with Crippen LogP contribution in [0.2, 0.25) is 5.02 Å². The standard InChI is InChI=1S/C20H22ClFN2O4/c1-11-7-12(2)9-24(8-11)16(25)10-27-20(26)17-13(3)28-23-19(17)18-14(21)5-4-6-15(18)22/h4-6,11-12H,7-10H2,1-3H3/t11-,12-/m0/s1. The van der Waals surface area contributed by atoms with Crippen LogP contribution in [-0.4, -0.2) is 41.6 Å². The first-order chi connectivity index (χ1) is 13.3. The number of likely N-dealkylation sites (tertiary alicyclic amines) is 1. The molecule has 0 aliphatic carbocycles. The molecule has 1 saturated heterocycles. The Kier molecular flexibility index (Phi) is 6.03. The van der Waals surface area contributed by atoms with Crippen molar-refractivity contribution in [3.8, 4) is 11.3 Å². The van der Waals surface area contributed by atoms with Gasteiger partial charge < -0.3 is 14.2 Å². The highest BCUT2D eigenvalue weighted by Gasteiger charge is 2.29. The first-order valence-corrected chi connectivity index (χ1v) is 9.51. The Labute approximate surface area is 167 Å². The molecule has 3 rings (SSSR count). The lowest BCUT2D eigenvalue weighted by atomic mass is 9.92. The number of hydrogen-bond donors (Lipinski definition) is 0. The van der Waals surface area contributed by atoms with Gasteiger partial charge in [-0.1, -0.05) is 36.7 Å². The molecule has 1 fully saturated rings. The monoisotopic (exact) mass is 408 g/mol. The first-order valence-electron chi connectivity index (χ1n) is 9.13. The Hall–Kier alpha value is -2.41. The average molecular weight is 409 g/mol. The SMILES string of the molecule is Cc1onc(-c2c(F)cccc2Cl)c1C(=O)OCC(=O)N1C[C@@H](C)C[C@H](C)C1. The Bertz CT molecular complexity index is 868. The third kappa shape index (κ3) is 4.19. The van der Waals surface area contributed by atoms with Crippen LogP contribution in [0.5, 0.6) is 0 Å². The van der Waals surface area contributed by atoms with E-state index in [-0.39, 0.29) is 33.5 Å². The van der Waals surface area contributed by atoms with Gasteiger partial charge in [0.25, 0.3) is 5.91 Å². The van der Waals surface area contributed by atoms with Gasteiger partial charge in [-0.3, -0.25) is 4.79 Å². The van der Waals surface area contributed by atoms with Crippen LogP contribution in [-0.2, 0) is 9.53 Å². The molecule has 1 amide bonds. The summed E-state index contributed by atoms with van der Waals surface area (Å²) in [4.78, 5) is 26.8. The lowest BCUT2D eigenvalue weighted by Crippen LogP contribution is -2.44. The fraction of sp³-hybridized carbons (Fsp3) is 0.450. The zero-order valence-corrected chi connectivity index (χ0v) is 16.8. The lowest BCUT2D eigenvalue weighted by molar-refractivity contribution is -0.137. The van der Waals surface area contributed by atoms with E-state index in [0.29, 0.717) is 24.9 Å². The number of halogens is 2. The Balaban J connectivity index is 1.75. The number of benzene rings is 1. The summed E-state index contributed by atoms with van der Waals surface area (Å²) < 4.78 is 24.5. The molecule has 0 unspecified atom stereocenters. The summed E-state index contributed by atoms with van der Waals surface area (Å²) >= 11 is 6.07. The number of carbonyl (C=O) groups excluding carboxylic acids is 2. The summed E-state index contributed by atoms with van der Waals surface area (Å²) in [5.74, 6) is -0.739. The largest absolute Gasteiger partial charge is 0.452 e. The van der Waals surface area contributed by atoms with Gasteiger partial charge in [0.15, 0.2) is 6.61 Å². The summed E-state index contributed by atoms with van der Waals surface area (Å²) in [6.07, 6.45) is 1.07. The van der Waals surface area contributed by atoms with Gasteiger partial charge in [-0.15, -0.1) is 0 Å². The topological polar surface area (TPSA) is 72.6 Å². The van der Waals surface area contributed by atoms with E-state index in [1.54, 1.807) is 4.90 Å². The number of esters is 1. The van der Waals surface area contributed by atoms with Crippen LogP contribution in [0.15, 0.2) is 22.7 Å². The van der Waals surface area contributed by atoms with Crippen LogP contribution in [0.4, 0.5) is 4.39 Å². The molecule has 8 heteroatoms. The van der Waals surface area contributed by atoms with Crippen molar-refractivity contribution in [3.05, 3.63) is 40.4 Å². The van der Waals surface area contributed by atoms with E-state index < -0.39 is 18.4 Å². The third-order valence-electron chi connectivity index (χ3n) is 4.81. The van der Waals surface area contributed by atoms with Crippen LogP contribution in [0.25, 0.3) is 11.3 Å². The average Bonchev–Trinajstić information content (AvgIpc) is 2.99. The van der Waals surface area contributed by atoms with Crippen molar-refractivity contribution < 1.29 is 23.2 Å². The molecule has 0 spiro atoms. The molecule has 150 valence electrons. The normalized spacial score (nSPS) is 19.5. The summed E-state index contributed by atoms with van der Waals surface area (Å²) in [5.41, 5.74) is -0.128. The van der Waals surface area contributed by atoms with E-state index in [9.17, 15) is 14.0 Å².